The Labute approximate surface area is 141 Å². The summed E-state index contributed by atoms with van der Waals surface area (Å²) < 4.78 is 5.54. The minimum absolute atomic E-state index is 0. The summed E-state index contributed by atoms with van der Waals surface area (Å²) in [7, 11) is 0. The monoisotopic (exact) mass is 397 g/mol. The lowest BCUT2D eigenvalue weighted by Crippen LogP contribution is -2.42. The van der Waals surface area contributed by atoms with Gasteiger partial charge in [0.05, 0.1) is 0 Å². The van der Waals surface area contributed by atoms with Gasteiger partial charge in [0.2, 0.25) is 0 Å². The van der Waals surface area contributed by atoms with Crippen LogP contribution in [0.5, 0.6) is 0 Å². The van der Waals surface area contributed by atoms with Crippen LogP contribution in [0.25, 0.3) is 0 Å². The Morgan fingerprint density at radius 1 is 1.15 bits per heavy atom. The summed E-state index contributed by atoms with van der Waals surface area (Å²) in [5.74, 6) is 0.975. The van der Waals surface area contributed by atoms with E-state index >= 15 is 0 Å². The Morgan fingerprint density at radius 2 is 1.85 bits per heavy atom. The van der Waals surface area contributed by atoms with E-state index in [0.717, 1.165) is 45.1 Å². The molecule has 1 fully saturated rings. The van der Waals surface area contributed by atoms with Gasteiger partial charge in [-0.3, -0.25) is 4.99 Å². The third-order valence-electron chi connectivity index (χ3n) is 3.40. The van der Waals surface area contributed by atoms with Crippen LogP contribution in [0, 0.1) is 0 Å². The minimum Gasteiger partial charge on any atom is -0.381 e. The molecule has 0 bridgehead atoms. The van der Waals surface area contributed by atoms with Crippen LogP contribution in [0.1, 0.15) is 58.8 Å². The van der Waals surface area contributed by atoms with Crippen molar-refractivity contribution >= 4 is 29.9 Å². The van der Waals surface area contributed by atoms with E-state index in [-0.39, 0.29) is 24.0 Å². The molecule has 20 heavy (non-hydrogen) atoms. The molecule has 1 aliphatic carbocycles. The number of guanidine groups is 1. The smallest absolute Gasteiger partial charge is 0.191 e. The second kappa shape index (κ2) is 13.9. The molecule has 4 nitrogen and oxygen atoms in total. The van der Waals surface area contributed by atoms with E-state index in [1.165, 1.54) is 32.1 Å². The average Bonchev–Trinajstić information content (AvgIpc) is 2.91. The fraction of sp³-hybridized carbons (Fsp3) is 0.933. The van der Waals surface area contributed by atoms with E-state index in [9.17, 15) is 0 Å². The number of aliphatic imine (C=N–C) groups is 1. The van der Waals surface area contributed by atoms with Crippen LogP contribution in [0.3, 0.4) is 0 Å². The largest absolute Gasteiger partial charge is 0.381 e. The maximum absolute atomic E-state index is 5.54. The highest BCUT2D eigenvalue weighted by Gasteiger charge is 2.15. The van der Waals surface area contributed by atoms with Gasteiger partial charge in [-0.1, -0.05) is 26.2 Å². The molecule has 0 amide bonds. The van der Waals surface area contributed by atoms with Gasteiger partial charge in [0, 0.05) is 32.3 Å². The zero-order valence-electron chi connectivity index (χ0n) is 13.1. The van der Waals surface area contributed by atoms with Crippen LogP contribution >= 0.6 is 24.0 Å². The number of halogens is 1. The molecule has 2 N–H and O–H groups in total. The van der Waals surface area contributed by atoms with Crippen molar-refractivity contribution in [2.24, 2.45) is 4.99 Å². The summed E-state index contributed by atoms with van der Waals surface area (Å²) in [6, 6.07) is 0.624. The van der Waals surface area contributed by atoms with Crippen molar-refractivity contribution in [1.82, 2.24) is 10.6 Å². The number of hydrogen-bond acceptors (Lipinski definition) is 2. The lowest BCUT2D eigenvalue weighted by atomic mass is 10.2. The van der Waals surface area contributed by atoms with E-state index in [1.54, 1.807) is 0 Å². The van der Waals surface area contributed by atoms with Crippen molar-refractivity contribution < 1.29 is 4.74 Å². The van der Waals surface area contributed by atoms with Gasteiger partial charge in [0.1, 0.15) is 0 Å². The summed E-state index contributed by atoms with van der Waals surface area (Å²) in [5, 5.41) is 6.84. The maximum Gasteiger partial charge on any atom is 0.191 e. The molecular formula is C15H32IN3O. The summed E-state index contributed by atoms with van der Waals surface area (Å²) in [5.41, 5.74) is 0. The Kier molecular flexibility index (Phi) is 13.9. The summed E-state index contributed by atoms with van der Waals surface area (Å²) in [6.07, 6.45) is 8.63. The number of nitrogens with zero attached hydrogens (tertiary/aromatic N) is 1. The van der Waals surface area contributed by atoms with Gasteiger partial charge in [-0.15, -0.1) is 24.0 Å². The molecule has 0 aromatic carbocycles. The lowest BCUT2D eigenvalue weighted by Gasteiger charge is -2.16. The Bertz CT molecular complexity index is 243. The van der Waals surface area contributed by atoms with Gasteiger partial charge in [-0.05, 0) is 32.6 Å². The second-order valence-corrected chi connectivity index (χ2v) is 5.21. The van der Waals surface area contributed by atoms with Crippen molar-refractivity contribution in [3.05, 3.63) is 0 Å². The van der Waals surface area contributed by atoms with Crippen molar-refractivity contribution in [3.8, 4) is 0 Å². The third kappa shape index (κ3) is 9.80. The Morgan fingerprint density at radius 3 is 2.50 bits per heavy atom. The van der Waals surface area contributed by atoms with Gasteiger partial charge in [0.15, 0.2) is 5.96 Å². The van der Waals surface area contributed by atoms with Gasteiger partial charge < -0.3 is 15.4 Å². The normalized spacial score (nSPS) is 16.0. The Hall–Kier alpha value is -0.0400. The first kappa shape index (κ1) is 20.0. The van der Waals surface area contributed by atoms with E-state index in [0.29, 0.717) is 6.04 Å². The van der Waals surface area contributed by atoms with Crippen LogP contribution in [0.2, 0.25) is 0 Å². The topological polar surface area (TPSA) is 45.6 Å². The molecule has 0 heterocycles. The van der Waals surface area contributed by atoms with Crippen molar-refractivity contribution in [3.63, 3.8) is 0 Å². The van der Waals surface area contributed by atoms with Gasteiger partial charge in [-0.25, -0.2) is 0 Å². The molecule has 0 saturated heterocycles. The zero-order valence-corrected chi connectivity index (χ0v) is 15.4. The van der Waals surface area contributed by atoms with E-state index < -0.39 is 0 Å². The van der Waals surface area contributed by atoms with E-state index in [1.807, 2.05) is 0 Å². The number of ether oxygens (including phenoxy) is 1. The zero-order chi connectivity index (χ0) is 13.8. The second-order valence-electron chi connectivity index (χ2n) is 5.21. The summed E-state index contributed by atoms with van der Waals surface area (Å²) in [6.45, 7) is 7.78. The molecule has 0 aromatic rings. The molecular weight excluding hydrogens is 365 g/mol. The van der Waals surface area contributed by atoms with Crippen molar-refractivity contribution in [2.75, 3.05) is 26.3 Å². The minimum atomic E-state index is 0. The SMILES string of the molecule is CCCCOCCCN=C(NCC)NC1CCCC1.I. The molecule has 1 aliphatic rings. The van der Waals surface area contributed by atoms with Crippen molar-refractivity contribution in [2.45, 2.75) is 64.8 Å². The van der Waals surface area contributed by atoms with E-state index in [2.05, 4.69) is 29.5 Å². The van der Waals surface area contributed by atoms with Crippen molar-refractivity contribution in [1.29, 1.82) is 0 Å². The predicted molar refractivity (Wildman–Crippen MR) is 97.1 cm³/mol. The third-order valence-corrected chi connectivity index (χ3v) is 3.40. The first-order chi connectivity index (χ1) is 9.36. The molecule has 5 heteroatoms. The highest BCUT2D eigenvalue weighted by molar-refractivity contribution is 14.0. The fourth-order valence-corrected chi connectivity index (χ4v) is 2.29. The molecule has 0 aromatic heterocycles. The molecule has 1 saturated carbocycles. The molecule has 0 radical (unpaired) electrons. The summed E-state index contributed by atoms with van der Waals surface area (Å²) in [4.78, 5) is 4.61. The fourth-order valence-electron chi connectivity index (χ4n) is 2.29. The Balaban J connectivity index is 0.00000361. The quantitative estimate of drug-likeness (QED) is 0.272. The number of rotatable bonds is 9. The molecule has 0 atom stereocenters. The highest BCUT2D eigenvalue weighted by atomic mass is 127. The maximum atomic E-state index is 5.54. The average molecular weight is 397 g/mol. The number of hydrogen-bond donors (Lipinski definition) is 2. The number of nitrogens with one attached hydrogen (secondary N) is 2. The van der Waals surface area contributed by atoms with Gasteiger partial charge >= 0.3 is 0 Å². The highest BCUT2D eigenvalue weighted by Crippen LogP contribution is 2.17. The number of unbranched alkanes of at least 4 members (excludes halogenated alkanes) is 1. The van der Waals surface area contributed by atoms with Crippen LogP contribution in [0.4, 0.5) is 0 Å². The standard InChI is InChI=1S/C15H31N3O.HI/c1-3-5-12-19-13-8-11-17-15(16-4-2)18-14-9-6-7-10-14;/h14H,3-13H2,1-2H3,(H2,16,17,18);1H. The molecule has 0 aliphatic heterocycles. The molecule has 120 valence electrons. The van der Waals surface area contributed by atoms with Crippen LogP contribution in [-0.4, -0.2) is 38.3 Å². The predicted octanol–water partition coefficient (Wildman–Crippen LogP) is 3.31. The van der Waals surface area contributed by atoms with Crippen LogP contribution < -0.4 is 10.6 Å². The molecule has 0 spiro atoms. The first-order valence-electron chi connectivity index (χ1n) is 7.99. The van der Waals surface area contributed by atoms with Gasteiger partial charge in [0.25, 0.3) is 0 Å². The van der Waals surface area contributed by atoms with Crippen LogP contribution in [0.15, 0.2) is 4.99 Å². The van der Waals surface area contributed by atoms with Gasteiger partial charge in [-0.2, -0.15) is 0 Å². The lowest BCUT2D eigenvalue weighted by molar-refractivity contribution is 0.130. The first-order valence-corrected chi connectivity index (χ1v) is 7.99. The summed E-state index contributed by atoms with van der Waals surface area (Å²) >= 11 is 0. The molecule has 0 unspecified atom stereocenters. The van der Waals surface area contributed by atoms with Crippen LogP contribution in [-0.2, 0) is 4.74 Å². The molecule has 1 rings (SSSR count). The van der Waals surface area contributed by atoms with E-state index in [4.69, 9.17) is 4.74 Å².